The van der Waals surface area contributed by atoms with Gasteiger partial charge >= 0.3 is 6.03 Å². The molecule has 1 N–H and O–H groups in total. The van der Waals surface area contributed by atoms with Crippen LogP contribution in [0.1, 0.15) is 26.3 Å². The molecular weight excluding hydrogens is 338 g/mol. The number of para-hydroxylation sites is 1. The number of hydrogen-bond acceptors (Lipinski definition) is 3. The first kappa shape index (κ1) is 19.1. The second-order valence-electron chi connectivity index (χ2n) is 7.08. The van der Waals surface area contributed by atoms with Gasteiger partial charge in [-0.15, -0.1) is 0 Å². The van der Waals surface area contributed by atoms with Crippen molar-refractivity contribution in [3.05, 3.63) is 54.1 Å². The Labute approximate surface area is 161 Å². The molecule has 5 heteroatoms. The average molecular weight is 367 g/mol. The molecule has 1 aliphatic rings. The van der Waals surface area contributed by atoms with Crippen molar-refractivity contribution >= 4 is 17.4 Å². The van der Waals surface area contributed by atoms with Gasteiger partial charge in [-0.2, -0.15) is 0 Å². The van der Waals surface area contributed by atoms with Crippen LogP contribution in [-0.4, -0.2) is 43.2 Å². The van der Waals surface area contributed by atoms with Crippen LogP contribution in [-0.2, 0) is 6.42 Å². The lowest BCUT2D eigenvalue weighted by molar-refractivity contribution is 0.208. The Morgan fingerprint density at radius 2 is 1.70 bits per heavy atom. The van der Waals surface area contributed by atoms with Crippen molar-refractivity contribution in [2.75, 3.05) is 36.4 Å². The van der Waals surface area contributed by atoms with Gasteiger partial charge in [0.1, 0.15) is 5.75 Å². The lowest BCUT2D eigenvalue weighted by Crippen LogP contribution is -2.50. The number of urea groups is 1. The minimum atomic E-state index is -0.0454. The fourth-order valence-corrected chi connectivity index (χ4v) is 3.36. The van der Waals surface area contributed by atoms with Crippen LogP contribution in [0.25, 0.3) is 0 Å². The third kappa shape index (κ3) is 4.94. The Hall–Kier alpha value is -2.69. The standard InChI is InChI=1S/C22H29N3O2/c1-4-18-7-5-6-8-21(18)24-13-15-25(16-14-24)22(26)23-19-9-11-20(12-10-19)27-17(2)3/h5-12,17H,4,13-16H2,1-3H3,(H,23,26). The Balaban J connectivity index is 1.54. The van der Waals surface area contributed by atoms with E-state index in [-0.39, 0.29) is 12.1 Å². The van der Waals surface area contributed by atoms with Crippen LogP contribution in [0.3, 0.4) is 0 Å². The Morgan fingerprint density at radius 3 is 2.33 bits per heavy atom. The summed E-state index contributed by atoms with van der Waals surface area (Å²) in [5, 5.41) is 2.98. The molecule has 0 saturated carbocycles. The number of carbonyl (C=O) groups excluding carboxylic acids is 1. The number of carbonyl (C=O) groups is 1. The van der Waals surface area contributed by atoms with E-state index in [1.54, 1.807) is 0 Å². The van der Waals surface area contributed by atoms with E-state index in [9.17, 15) is 4.79 Å². The maximum Gasteiger partial charge on any atom is 0.321 e. The van der Waals surface area contributed by atoms with E-state index in [4.69, 9.17) is 4.74 Å². The van der Waals surface area contributed by atoms with Gasteiger partial charge in [0.05, 0.1) is 6.10 Å². The van der Waals surface area contributed by atoms with E-state index in [0.717, 1.165) is 44.0 Å². The zero-order valence-electron chi connectivity index (χ0n) is 16.4. The summed E-state index contributed by atoms with van der Waals surface area (Å²) in [6, 6.07) is 16.0. The molecule has 27 heavy (non-hydrogen) atoms. The normalized spacial score (nSPS) is 14.4. The number of rotatable bonds is 5. The summed E-state index contributed by atoms with van der Waals surface area (Å²) in [4.78, 5) is 16.8. The summed E-state index contributed by atoms with van der Waals surface area (Å²) in [5.74, 6) is 0.811. The van der Waals surface area contributed by atoms with Gasteiger partial charge in [-0.25, -0.2) is 4.79 Å². The topological polar surface area (TPSA) is 44.8 Å². The first-order valence-electron chi connectivity index (χ1n) is 9.72. The fraction of sp³-hybridized carbons (Fsp3) is 0.409. The fourth-order valence-electron chi connectivity index (χ4n) is 3.36. The molecule has 5 nitrogen and oxygen atoms in total. The van der Waals surface area contributed by atoms with Gasteiger partial charge in [0.25, 0.3) is 0 Å². The monoisotopic (exact) mass is 367 g/mol. The lowest BCUT2D eigenvalue weighted by atomic mass is 10.1. The molecule has 1 heterocycles. The third-order valence-corrected chi connectivity index (χ3v) is 4.76. The first-order chi connectivity index (χ1) is 13.1. The number of piperazine rings is 1. The molecular formula is C22H29N3O2. The minimum absolute atomic E-state index is 0.0454. The largest absolute Gasteiger partial charge is 0.491 e. The van der Waals surface area contributed by atoms with Gasteiger partial charge in [-0.3, -0.25) is 0 Å². The molecule has 3 rings (SSSR count). The van der Waals surface area contributed by atoms with Crippen LogP contribution >= 0.6 is 0 Å². The molecule has 2 aromatic carbocycles. The third-order valence-electron chi connectivity index (χ3n) is 4.76. The summed E-state index contributed by atoms with van der Waals surface area (Å²) < 4.78 is 5.63. The number of ether oxygens (including phenoxy) is 1. The molecule has 0 aromatic heterocycles. The Bertz CT molecular complexity index is 750. The lowest BCUT2D eigenvalue weighted by Gasteiger charge is -2.37. The number of hydrogen-bond donors (Lipinski definition) is 1. The predicted octanol–water partition coefficient (Wildman–Crippen LogP) is 4.39. The quantitative estimate of drug-likeness (QED) is 0.852. The number of anilines is 2. The molecule has 0 aliphatic carbocycles. The first-order valence-corrected chi connectivity index (χ1v) is 9.72. The van der Waals surface area contributed by atoms with Crippen molar-refractivity contribution in [2.45, 2.75) is 33.3 Å². The minimum Gasteiger partial charge on any atom is -0.491 e. The van der Waals surface area contributed by atoms with Crippen LogP contribution < -0.4 is 15.0 Å². The number of benzene rings is 2. The summed E-state index contributed by atoms with van der Waals surface area (Å²) in [7, 11) is 0. The molecule has 0 unspecified atom stereocenters. The number of nitrogens with one attached hydrogen (secondary N) is 1. The zero-order valence-corrected chi connectivity index (χ0v) is 16.4. The average Bonchev–Trinajstić information content (AvgIpc) is 2.69. The van der Waals surface area contributed by atoms with Crippen LogP contribution in [0.2, 0.25) is 0 Å². The van der Waals surface area contributed by atoms with Crippen molar-refractivity contribution in [1.29, 1.82) is 0 Å². The van der Waals surface area contributed by atoms with E-state index in [1.165, 1.54) is 11.3 Å². The summed E-state index contributed by atoms with van der Waals surface area (Å²) >= 11 is 0. The van der Waals surface area contributed by atoms with Crippen LogP contribution in [0.5, 0.6) is 5.75 Å². The molecule has 0 spiro atoms. The summed E-state index contributed by atoms with van der Waals surface area (Å²) in [6.07, 6.45) is 1.16. The molecule has 0 bridgehead atoms. The van der Waals surface area contributed by atoms with Crippen LogP contribution in [0, 0.1) is 0 Å². The Morgan fingerprint density at radius 1 is 1.04 bits per heavy atom. The number of aryl methyl sites for hydroxylation is 1. The molecule has 2 amide bonds. The van der Waals surface area contributed by atoms with Crippen molar-refractivity contribution in [1.82, 2.24) is 4.90 Å². The highest BCUT2D eigenvalue weighted by atomic mass is 16.5. The molecule has 1 aliphatic heterocycles. The van der Waals surface area contributed by atoms with Crippen molar-refractivity contribution in [3.63, 3.8) is 0 Å². The molecule has 1 fully saturated rings. The van der Waals surface area contributed by atoms with E-state index in [1.807, 2.05) is 43.0 Å². The smallest absolute Gasteiger partial charge is 0.321 e. The second kappa shape index (κ2) is 8.80. The molecule has 1 saturated heterocycles. The SMILES string of the molecule is CCc1ccccc1N1CCN(C(=O)Nc2ccc(OC(C)C)cc2)CC1. The van der Waals surface area contributed by atoms with Gasteiger partial charge in [0.2, 0.25) is 0 Å². The summed E-state index contributed by atoms with van der Waals surface area (Å²) in [5.41, 5.74) is 3.44. The number of nitrogens with zero attached hydrogens (tertiary/aromatic N) is 2. The molecule has 2 aromatic rings. The summed E-state index contributed by atoms with van der Waals surface area (Å²) in [6.45, 7) is 9.32. The van der Waals surface area contributed by atoms with Gasteiger partial charge in [0, 0.05) is 37.6 Å². The molecule has 0 radical (unpaired) electrons. The van der Waals surface area contributed by atoms with E-state index in [0.29, 0.717) is 0 Å². The van der Waals surface area contributed by atoms with Crippen LogP contribution in [0.4, 0.5) is 16.2 Å². The maximum atomic E-state index is 12.6. The predicted molar refractivity (Wildman–Crippen MR) is 111 cm³/mol. The van der Waals surface area contributed by atoms with Gasteiger partial charge < -0.3 is 19.9 Å². The van der Waals surface area contributed by atoms with Crippen molar-refractivity contribution in [3.8, 4) is 5.75 Å². The van der Waals surface area contributed by atoms with E-state index in [2.05, 4.69) is 41.4 Å². The van der Waals surface area contributed by atoms with Gasteiger partial charge in [-0.1, -0.05) is 25.1 Å². The van der Waals surface area contributed by atoms with Gasteiger partial charge in [-0.05, 0) is 56.2 Å². The second-order valence-corrected chi connectivity index (χ2v) is 7.08. The number of amides is 2. The maximum absolute atomic E-state index is 12.6. The highest BCUT2D eigenvalue weighted by Crippen LogP contribution is 2.23. The van der Waals surface area contributed by atoms with E-state index < -0.39 is 0 Å². The van der Waals surface area contributed by atoms with Crippen molar-refractivity contribution in [2.24, 2.45) is 0 Å². The van der Waals surface area contributed by atoms with E-state index >= 15 is 0 Å². The Kier molecular flexibility index (Phi) is 6.22. The molecule has 144 valence electrons. The van der Waals surface area contributed by atoms with Gasteiger partial charge in [0.15, 0.2) is 0 Å². The van der Waals surface area contributed by atoms with Crippen LogP contribution in [0.15, 0.2) is 48.5 Å². The molecule has 0 atom stereocenters. The highest BCUT2D eigenvalue weighted by Gasteiger charge is 2.22. The highest BCUT2D eigenvalue weighted by molar-refractivity contribution is 5.89. The van der Waals surface area contributed by atoms with Crippen molar-refractivity contribution < 1.29 is 9.53 Å². The zero-order chi connectivity index (χ0) is 19.2.